The zero-order valence-corrected chi connectivity index (χ0v) is 10.1. The number of rotatable bonds is 3. The minimum atomic E-state index is -1.23. The van der Waals surface area contributed by atoms with Gasteiger partial charge in [-0.2, -0.15) is 0 Å². The van der Waals surface area contributed by atoms with Crippen LogP contribution < -0.4 is 5.32 Å². The highest BCUT2D eigenvalue weighted by Gasteiger charge is 2.65. The Morgan fingerprint density at radius 3 is 2.89 bits per heavy atom. The van der Waals surface area contributed by atoms with E-state index in [4.69, 9.17) is 14.6 Å². The fourth-order valence-electron chi connectivity index (χ4n) is 3.43. The van der Waals surface area contributed by atoms with Crippen LogP contribution in [0.25, 0.3) is 0 Å². The number of nitrogens with one attached hydrogen (secondary N) is 1. The molecule has 7 nitrogen and oxygen atoms in total. The lowest BCUT2D eigenvalue weighted by molar-refractivity contribution is -0.155. The first-order valence-electron chi connectivity index (χ1n) is 6.18. The summed E-state index contributed by atoms with van der Waals surface area (Å²) in [6, 6.07) is -1.02. The van der Waals surface area contributed by atoms with Gasteiger partial charge in [0.1, 0.15) is 17.7 Å². The molecule has 0 bridgehead atoms. The smallest absolute Gasteiger partial charge is 0.323 e. The van der Waals surface area contributed by atoms with Gasteiger partial charge in [-0.15, -0.1) is 0 Å². The monoisotopic (exact) mass is 269 g/mol. The number of carbonyl (C=O) groups is 2. The molecule has 19 heavy (non-hydrogen) atoms. The van der Waals surface area contributed by atoms with Crippen LogP contribution in [-0.2, 0) is 19.1 Å². The molecule has 0 amide bonds. The Morgan fingerprint density at radius 1 is 1.42 bits per heavy atom. The molecule has 3 N–H and O–H groups in total. The van der Waals surface area contributed by atoms with Gasteiger partial charge in [0.15, 0.2) is 0 Å². The van der Waals surface area contributed by atoms with Gasteiger partial charge in [0.2, 0.25) is 0 Å². The molecule has 0 spiro atoms. The Morgan fingerprint density at radius 2 is 2.21 bits per heavy atom. The summed E-state index contributed by atoms with van der Waals surface area (Å²) in [6.07, 6.45) is 2.66. The van der Waals surface area contributed by atoms with E-state index in [1.807, 2.05) is 6.08 Å². The Balaban J connectivity index is 1.97. The second-order valence-electron chi connectivity index (χ2n) is 5.12. The van der Waals surface area contributed by atoms with Crippen molar-refractivity contribution in [2.75, 3.05) is 13.2 Å². The molecule has 0 aromatic carbocycles. The van der Waals surface area contributed by atoms with Crippen LogP contribution >= 0.6 is 0 Å². The van der Waals surface area contributed by atoms with Crippen molar-refractivity contribution >= 4 is 11.9 Å². The van der Waals surface area contributed by atoms with Crippen molar-refractivity contribution in [3.8, 4) is 0 Å². The van der Waals surface area contributed by atoms with Gasteiger partial charge in [-0.3, -0.25) is 9.59 Å². The number of carboxylic acid groups (broad SMARTS) is 2. The highest BCUT2D eigenvalue weighted by Crippen LogP contribution is 2.47. The van der Waals surface area contributed by atoms with E-state index in [-0.39, 0.29) is 24.5 Å². The van der Waals surface area contributed by atoms with Gasteiger partial charge in [0.05, 0.1) is 19.1 Å². The molecule has 3 aliphatic heterocycles. The maximum absolute atomic E-state index is 11.3. The predicted octanol–water partition coefficient (Wildman–Crippen LogP) is -0.774. The molecule has 104 valence electrons. The number of aliphatic carboxylic acids is 2. The van der Waals surface area contributed by atoms with Gasteiger partial charge in [0.25, 0.3) is 0 Å². The first-order valence-corrected chi connectivity index (χ1v) is 6.18. The minimum Gasteiger partial charge on any atom is -0.481 e. The van der Waals surface area contributed by atoms with Gasteiger partial charge < -0.3 is 25.0 Å². The number of hydrogen-bond donors (Lipinski definition) is 3. The van der Waals surface area contributed by atoms with Crippen LogP contribution in [0.15, 0.2) is 12.2 Å². The summed E-state index contributed by atoms with van der Waals surface area (Å²) in [4.78, 5) is 22.4. The van der Waals surface area contributed by atoms with Crippen molar-refractivity contribution < 1.29 is 29.3 Å². The van der Waals surface area contributed by atoms with Gasteiger partial charge in [-0.05, 0) is 0 Å². The summed E-state index contributed by atoms with van der Waals surface area (Å²) >= 11 is 0. The minimum absolute atomic E-state index is 0.264. The molecular weight excluding hydrogens is 254 g/mol. The average Bonchev–Trinajstić information content (AvgIpc) is 2.80. The lowest BCUT2D eigenvalue weighted by atomic mass is 9.80. The first-order chi connectivity index (χ1) is 9.04. The number of fused-ring (bicyclic) bond motifs is 3. The predicted molar refractivity (Wildman–Crippen MR) is 61.7 cm³/mol. The molecule has 7 heteroatoms. The zero-order chi connectivity index (χ0) is 13.6. The fraction of sp³-hybridized carbons (Fsp3) is 0.667. The van der Waals surface area contributed by atoms with Crippen molar-refractivity contribution in [2.45, 2.75) is 30.3 Å². The highest BCUT2D eigenvalue weighted by atomic mass is 16.6. The third kappa shape index (κ3) is 1.77. The molecule has 0 radical (unpaired) electrons. The van der Waals surface area contributed by atoms with E-state index in [1.165, 1.54) is 0 Å². The standard InChI is InChI=1S/C12H15NO6/c14-8(15)4-12-6(5-13-10(12)11(16)17)9-7(19-12)2-1-3-18-9/h1-2,6-7,9-10,13H,3-5H2,(H,14,15)(H,16,17)/t6-,7-,9-,10-,12+/m1/s1. The quantitative estimate of drug-likeness (QED) is 0.577. The van der Waals surface area contributed by atoms with Gasteiger partial charge >= 0.3 is 11.9 Å². The Kier molecular flexibility index (Phi) is 2.84. The second-order valence-corrected chi connectivity index (χ2v) is 5.12. The lowest BCUT2D eigenvalue weighted by Gasteiger charge is -2.30. The van der Waals surface area contributed by atoms with Crippen molar-refractivity contribution in [1.82, 2.24) is 5.32 Å². The number of carboxylic acids is 2. The molecule has 0 saturated carbocycles. The molecular formula is C12H15NO6. The van der Waals surface area contributed by atoms with E-state index >= 15 is 0 Å². The number of ether oxygens (including phenoxy) is 2. The zero-order valence-electron chi connectivity index (χ0n) is 10.1. The van der Waals surface area contributed by atoms with Gasteiger partial charge in [-0.25, -0.2) is 0 Å². The van der Waals surface area contributed by atoms with Gasteiger partial charge in [0, 0.05) is 12.5 Å². The molecule has 5 atom stereocenters. The van der Waals surface area contributed by atoms with E-state index in [0.717, 1.165) is 0 Å². The SMILES string of the molecule is O=C(O)C[C@]12O[C@@H]3C=CCO[C@@H]3[C@H]1CN[C@@H]2C(=O)O. The van der Waals surface area contributed by atoms with Crippen LogP contribution in [0.4, 0.5) is 0 Å². The van der Waals surface area contributed by atoms with Crippen LogP contribution in [0.5, 0.6) is 0 Å². The maximum Gasteiger partial charge on any atom is 0.323 e. The van der Waals surface area contributed by atoms with E-state index in [1.54, 1.807) is 6.08 Å². The summed E-state index contributed by atoms with van der Waals surface area (Å²) in [6.45, 7) is 0.834. The second kappa shape index (κ2) is 4.29. The molecule has 3 aliphatic rings. The Labute approximate surface area is 109 Å². The topological polar surface area (TPSA) is 105 Å². The van der Waals surface area contributed by atoms with Crippen LogP contribution in [0.2, 0.25) is 0 Å². The molecule has 0 aromatic rings. The van der Waals surface area contributed by atoms with Crippen LogP contribution in [0, 0.1) is 5.92 Å². The van der Waals surface area contributed by atoms with Crippen LogP contribution in [0.3, 0.4) is 0 Å². The highest BCUT2D eigenvalue weighted by molar-refractivity contribution is 5.79. The largest absolute Gasteiger partial charge is 0.481 e. The molecule has 0 aromatic heterocycles. The van der Waals surface area contributed by atoms with Crippen LogP contribution in [0.1, 0.15) is 6.42 Å². The molecule has 2 fully saturated rings. The van der Waals surface area contributed by atoms with Crippen molar-refractivity contribution in [3.05, 3.63) is 12.2 Å². The van der Waals surface area contributed by atoms with E-state index in [2.05, 4.69) is 5.32 Å². The molecule has 0 aliphatic carbocycles. The van der Waals surface area contributed by atoms with E-state index < -0.39 is 23.6 Å². The normalized spacial score (nSPS) is 43.8. The van der Waals surface area contributed by atoms with Crippen molar-refractivity contribution in [1.29, 1.82) is 0 Å². The van der Waals surface area contributed by atoms with E-state index in [0.29, 0.717) is 13.2 Å². The Hall–Kier alpha value is -1.44. The summed E-state index contributed by atoms with van der Waals surface area (Å²) < 4.78 is 11.4. The number of hydrogen-bond acceptors (Lipinski definition) is 5. The average molecular weight is 269 g/mol. The van der Waals surface area contributed by atoms with E-state index in [9.17, 15) is 14.7 Å². The fourth-order valence-corrected chi connectivity index (χ4v) is 3.43. The lowest BCUT2D eigenvalue weighted by Crippen LogP contribution is -2.52. The maximum atomic E-state index is 11.3. The molecule has 2 saturated heterocycles. The summed E-state index contributed by atoms with van der Waals surface area (Å²) in [5, 5.41) is 21.2. The molecule has 0 unspecified atom stereocenters. The van der Waals surface area contributed by atoms with Gasteiger partial charge in [-0.1, -0.05) is 12.2 Å². The van der Waals surface area contributed by atoms with Crippen molar-refractivity contribution in [3.63, 3.8) is 0 Å². The molecule has 3 heterocycles. The third-order valence-electron chi connectivity index (χ3n) is 4.12. The third-order valence-corrected chi connectivity index (χ3v) is 4.12. The summed E-state index contributed by atoms with van der Waals surface area (Å²) in [7, 11) is 0. The van der Waals surface area contributed by atoms with Crippen molar-refractivity contribution in [2.24, 2.45) is 5.92 Å². The summed E-state index contributed by atoms with van der Waals surface area (Å²) in [5.41, 5.74) is -1.23. The Bertz CT molecular complexity index is 450. The summed E-state index contributed by atoms with van der Waals surface area (Å²) in [5.74, 6) is -2.42. The van der Waals surface area contributed by atoms with Crippen LogP contribution in [-0.4, -0.2) is 59.2 Å². The first kappa shape index (κ1) is 12.6. The molecule has 3 rings (SSSR count).